The normalized spacial score (nSPS) is 43.6. The molecule has 0 atom stereocenters. The van der Waals surface area contributed by atoms with Crippen LogP contribution < -0.4 is 0 Å². The van der Waals surface area contributed by atoms with Gasteiger partial charge in [-0.15, -0.1) is 0 Å². The molecule has 3 heteroatoms. The molecule has 5 rings (SSSR count). The van der Waals surface area contributed by atoms with E-state index in [2.05, 4.69) is 0 Å². The van der Waals surface area contributed by atoms with Crippen LogP contribution in [0.5, 0.6) is 0 Å². The molecule has 5 aliphatic rings. The fraction of sp³-hybridized carbons (Fsp3) is 0.750. The van der Waals surface area contributed by atoms with Gasteiger partial charge in [-0.25, -0.2) is 0 Å². The summed E-state index contributed by atoms with van der Waals surface area (Å²) < 4.78 is 0. The lowest BCUT2D eigenvalue weighted by Gasteiger charge is -2.57. The quantitative estimate of drug-likeness (QED) is 0.730. The second kappa shape index (κ2) is 3.94. The highest BCUT2D eigenvalue weighted by atomic mass is 16.2. The Morgan fingerprint density at radius 1 is 0.947 bits per heavy atom. The van der Waals surface area contributed by atoms with E-state index in [9.17, 15) is 9.59 Å². The highest BCUT2D eigenvalue weighted by Gasteiger charge is 2.50. The minimum Gasteiger partial charge on any atom is -0.275 e. The van der Waals surface area contributed by atoms with Gasteiger partial charge in [0.25, 0.3) is 11.8 Å². The lowest BCUT2D eigenvalue weighted by molar-refractivity contribution is -0.138. The Balaban J connectivity index is 1.45. The van der Waals surface area contributed by atoms with E-state index in [1.807, 2.05) is 0 Å². The Bertz CT molecular complexity index is 412. The van der Waals surface area contributed by atoms with Crippen molar-refractivity contribution in [2.45, 2.75) is 44.9 Å². The van der Waals surface area contributed by atoms with Gasteiger partial charge in [-0.05, 0) is 68.1 Å². The first-order chi connectivity index (χ1) is 9.13. The molecule has 1 heterocycles. The average Bonchev–Trinajstić information content (AvgIpc) is 2.65. The van der Waals surface area contributed by atoms with Crippen molar-refractivity contribution in [1.82, 2.24) is 4.90 Å². The molecule has 2 amide bonds. The Morgan fingerprint density at radius 2 is 1.42 bits per heavy atom. The first-order valence-electron chi connectivity index (χ1n) is 7.67. The van der Waals surface area contributed by atoms with Crippen molar-refractivity contribution in [2.75, 3.05) is 6.54 Å². The average molecular weight is 259 g/mol. The number of rotatable bonds is 3. The molecule has 19 heavy (non-hydrogen) atoms. The Hall–Kier alpha value is -1.12. The van der Waals surface area contributed by atoms with E-state index in [1.54, 1.807) is 0 Å². The van der Waals surface area contributed by atoms with Crippen molar-refractivity contribution in [3.8, 4) is 0 Å². The van der Waals surface area contributed by atoms with Gasteiger partial charge in [0.15, 0.2) is 0 Å². The molecule has 4 fully saturated rings. The van der Waals surface area contributed by atoms with Crippen LogP contribution in [0.1, 0.15) is 44.9 Å². The molecule has 0 aromatic heterocycles. The zero-order valence-corrected chi connectivity index (χ0v) is 11.3. The minimum atomic E-state index is -0.116. The number of carbonyl (C=O) groups is 2. The van der Waals surface area contributed by atoms with E-state index in [0.29, 0.717) is 12.0 Å². The number of hydrogen-bond acceptors (Lipinski definition) is 2. The zero-order chi connectivity index (χ0) is 13.0. The van der Waals surface area contributed by atoms with Gasteiger partial charge >= 0.3 is 0 Å². The first-order valence-corrected chi connectivity index (χ1v) is 7.67. The van der Waals surface area contributed by atoms with Crippen LogP contribution in [-0.2, 0) is 9.59 Å². The van der Waals surface area contributed by atoms with Crippen LogP contribution in [0.3, 0.4) is 0 Å². The van der Waals surface area contributed by atoms with E-state index < -0.39 is 0 Å². The summed E-state index contributed by atoms with van der Waals surface area (Å²) in [5.41, 5.74) is 0.456. The maximum atomic E-state index is 11.6. The molecule has 0 saturated heterocycles. The summed E-state index contributed by atoms with van der Waals surface area (Å²) in [6.07, 6.45) is 12.2. The van der Waals surface area contributed by atoms with E-state index in [1.165, 1.54) is 55.6 Å². The van der Waals surface area contributed by atoms with Crippen LogP contribution in [0.15, 0.2) is 12.2 Å². The fourth-order valence-electron chi connectivity index (χ4n) is 5.60. The molecule has 0 radical (unpaired) electrons. The monoisotopic (exact) mass is 259 g/mol. The Kier molecular flexibility index (Phi) is 2.42. The third kappa shape index (κ3) is 1.86. The van der Waals surface area contributed by atoms with Gasteiger partial charge in [-0.1, -0.05) is 0 Å². The van der Waals surface area contributed by atoms with Crippen molar-refractivity contribution in [3.05, 3.63) is 12.2 Å². The molecule has 102 valence electrons. The summed E-state index contributed by atoms with van der Waals surface area (Å²) in [7, 11) is 0. The van der Waals surface area contributed by atoms with Crippen molar-refractivity contribution in [2.24, 2.45) is 23.2 Å². The topological polar surface area (TPSA) is 37.4 Å². The van der Waals surface area contributed by atoms with Gasteiger partial charge in [0, 0.05) is 18.7 Å². The fourth-order valence-corrected chi connectivity index (χ4v) is 5.60. The number of amides is 2. The molecule has 0 N–H and O–H groups in total. The predicted octanol–water partition coefficient (Wildman–Crippen LogP) is 2.52. The maximum Gasteiger partial charge on any atom is 0.253 e. The van der Waals surface area contributed by atoms with Gasteiger partial charge < -0.3 is 0 Å². The standard InChI is InChI=1S/C16H21NO2/c18-14-1-2-15(19)17(14)4-3-16-8-11-5-12(9-16)7-13(6-11)10-16/h1-2,11-13H,3-10H2. The van der Waals surface area contributed by atoms with Crippen molar-refractivity contribution in [1.29, 1.82) is 0 Å². The largest absolute Gasteiger partial charge is 0.275 e. The van der Waals surface area contributed by atoms with E-state index in [0.717, 1.165) is 24.2 Å². The molecule has 3 nitrogen and oxygen atoms in total. The molecule has 0 spiro atoms. The smallest absolute Gasteiger partial charge is 0.253 e. The summed E-state index contributed by atoms with van der Waals surface area (Å²) in [6, 6.07) is 0. The third-order valence-electron chi connectivity index (χ3n) is 5.93. The van der Waals surface area contributed by atoms with Gasteiger partial charge in [0.2, 0.25) is 0 Å². The SMILES string of the molecule is O=C1C=CC(=O)N1CCC12CC3CC(CC(C3)C1)C2. The molecule has 4 saturated carbocycles. The van der Waals surface area contributed by atoms with Crippen molar-refractivity contribution >= 4 is 11.8 Å². The van der Waals surface area contributed by atoms with Crippen LogP contribution in [0.2, 0.25) is 0 Å². The lowest BCUT2D eigenvalue weighted by atomic mass is 9.49. The molecular weight excluding hydrogens is 238 g/mol. The van der Waals surface area contributed by atoms with Crippen LogP contribution >= 0.6 is 0 Å². The van der Waals surface area contributed by atoms with Crippen LogP contribution in [0, 0.1) is 23.2 Å². The number of imide groups is 1. The Morgan fingerprint density at radius 3 is 1.89 bits per heavy atom. The summed E-state index contributed by atoms with van der Waals surface area (Å²) >= 11 is 0. The first kappa shape index (κ1) is 11.7. The molecule has 4 bridgehead atoms. The summed E-state index contributed by atoms with van der Waals surface area (Å²) in [6.45, 7) is 0.636. The molecule has 1 aliphatic heterocycles. The highest BCUT2D eigenvalue weighted by molar-refractivity contribution is 6.12. The van der Waals surface area contributed by atoms with Crippen LogP contribution in [-0.4, -0.2) is 23.3 Å². The molecule has 0 aromatic carbocycles. The number of carbonyl (C=O) groups excluding carboxylic acids is 2. The van der Waals surface area contributed by atoms with Crippen LogP contribution in [0.25, 0.3) is 0 Å². The lowest BCUT2D eigenvalue weighted by Crippen LogP contribution is -2.47. The van der Waals surface area contributed by atoms with E-state index >= 15 is 0 Å². The third-order valence-corrected chi connectivity index (χ3v) is 5.93. The van der Waals surface area contributed by atoms with Gasteiger partial charge in [-0.3, -0.25) is 14.5 Å². The highest BCUT2D eigenvalue weighted by Crippen LogP contribution is 2.61. The number of nitrogens with zero attached hydrogens (tertiary/aromatic N) is 1. The van der Waals surface area contributed by atoms with Crippen molar-refractivity contribution < 1.29 is 9.59 Å². The van der Waals surface area contributed by atoms with Gasteiger partial charge in [0.05, 0.1) is 0 Å². The molecule has 4 aliphatic carbocycles. The van der Waals surface area contributed by atoms with Crippen molar-refractivity contribution in [3.63, 3.8) is 0 Å². The molecular formula is C16H21NO2. The van der Waals surface area contributed by atoms with Gasteiger partial charge in [-0.2, -0.15) is 0 Å². The summed E-state index contributed by atoms with van der Waals surface area (Å²) in [4.78, 5) is 24.7. The summed E-state index contributed by atoms with van der Waals surface area (Å²) in [5, 5.41) is 0. The molecule has 0 aromatic rings. The van der Waals surface area contributed by atoms with Crippen LogP contribution in [0.4, 0.5) is 0 Å². The van der Waals surface area contributed by atoms with Gasteiger partial charge in [0.1, 0.15) is 0 Å². The maximum absolute atomic E-state index is 11.6. The van der Waals surface area contributed by atoms with E-state index in [-0.39, 0.29) is 11.8 Å². The molecule has 0 unspecified atom stereocenters. The second-order valence-electron chi connectivity index (χ2n) is 7.33. The predicted molar refractivity (Wildman–Crippen MR) is 71.1 cm³/mol. The zero-order valence-electron chi connectivity index (χ0n) is 11.3. The number of hydrogen-bond donors (Lipinski definition) is 0. The van der Waals surface area contributed by atoms with E-state index in [4.69, 9.17) is 0 Å². The summed E-state index contributed by atoms with van der Waals surface area (Å²) in [5.74, 6) is 2.59. The minimum absolute atomic E-state index is 0.116. The second-order valence-corrected chi connectivity index (χ2v) is 7.33. The Labute approximate surface area is 114 Å².